The van der Waals surface area contributed by atoms with Gasteiger partial charge in [0.05, 0.1) is 28.3 Å². The molecule has 3 unspecified atom stereocenters. The topological polar surface area (TPSA) is 67.6 Å². The van der Waals surface area contributed by atoms with E-state index >= 15 is 4.39 Å². The molecule has 0 spiro atoms. The van der Waals surface area contributed by atoms with Gasteiger partial charge in [-0.1, -0.05) is 6.92 Å². The molecule has 1 N–H and O–H groups in total. The van der Waals surface area contributed by atoms with Gasteiger partial charge in [-0.15, -0.1) is 0 Å². The van der Waals surface area contributed by atoms with Crippen molar-refractivity contribution in [1.82, 2.24) is 14.7 Å². The zero-order valence-electron chi connectivity index (χ0n) is 18.2. The molecule has 7 rings (SSSR count). The molecule has 1 amide bonds. The van der Waals surface area contributed by atoms with Crippen LogP contribution in [0.25, 0.3) is 10.9 Å². The van der Waals surface area contributed by atoms with Gasteiger partial charge in [0.1, 0.15) is 0 Å². The van der Waals surface area contributed by atoms with Crippen molar-refractivity contribution in [1.29, 1.82) is 0 Å². The van der Waals surface area contributed by atoms with Crippen molar-refractivity contribution in [3.8, 4) is 5.75 Å². The standard InChI is InChI=1S/C24H30FN3O3/c1-13(7-20(29)28-15-8-14-9-16(28)12-24(30,10-14)11-15)23-21-18(27(2)26-23)5-6-19(22(21)25)31-17-3-4-17/h5-6,13-17,30H,3-4,7-12H2,1-2H3. The van der Waals surface area contributed by atoms with Crippen LogP contribution in [0.5, 0.6) is 5.75 Å². The van der Waals surface area contributed by atoms with E-state index in [1.807, 2.05) is 24.9 Å². The third-order valence-corrected chi connectivity index (χ3v) is 7.90. The first-order valence-electron chi connectivity index (χ1n) is 11.7. The Bertz CT molecular complexity index is 1050. The van der Waals surface area contributed by atoms with Crippen molar-refractivity contribution < 1.29 is 19.0 Å². The van der Waals surface area contributed by atoms with Gasteiger partial charge in [0.25, 0.3) is 0 Å². The molecule has 6 nitrogen and oxygen atoms in total. The first kappa shape index (κ1) is 19.5. The predicted octanol–water partition coefficient (Wildman–Crippen LogP) is 3.65. The van der Waals surface area contributed by atoms with E-state index in [0.29, 0.717) is 41.8 Å². The van der Waals surface area contributed by atoms with E-state index in [9.17, 15) is 9.90 Å². The molecule has 3 aliphatic carbocycles. The zero-order chi connectivity index (χ0) is 21.5. The molecular formula is C24H30FN3O3. The van der Waals surface area contributed by atoms with Gasteiger partial charge >= 0.3 is 0 Å². The summed E-state index contributed by atoms with van der Waals surface area (Å²) in [5, 5.41) is 15.9. The lowest BCUT2D eigenvalue weighted by Gasteiger charge is -2.59. The number of amides is 1. The van der Waals surface area contributed by atoms with Crippen LogP contribution in [-0.4, -0.2) is 49.5 Å². The van der Waals surface area contributed by atoms with Gasteiger partial charge < -0.3 is 14.7 Å². The third kappa shape index (κ3) is 3.15. The molecular weight excluding hydrogens is 397 g/mol. The fourth-order valence-electron chi connectivity index (χ4n) is 6.58. The average Bonchev–Trinajstić information content (AvgIpc) is 3.43. The molecule has 1 aromatic carbocycles. The van der Waals surface area contributed by atoms with Crippen LogP contribution in [0.2, 0.25) is 0 Å². The summed E-state index contributed by atoms with van der Waals surface area (Å²) in [6, 6.07) is 3.82. The summed E-state index contributed by atoms with van der Waals surface area (Å²) in [6.45, 7) is 1.96. The summed E-state index contributed by atoms with van der Waals surface area (Å²) in [6.07, 6.45) is 6.65. The highest BCUT2D eigenvalue weighted by Gasteiger charge is 2.55. The summed E-state index contributed by atoms with van der Waals surface area (Å²) >= 11 is 0. The highest BCUT2D eigenvalue weighted by atomic mass is 19.1. The van der Waals surface area contributed by atoms with Gasteiger partial charge in [0, 0.05) is 31.5 Å². The number of ether oxygens (including phenoxy) is 1. The van der Waals surface area contributed by atoms with Gasteiger partial charge in [0.2, 0.25) is 5.91 Å². The normalized spacial score (nSPS) is 32.6. The SMILES string of the molecule is CC(CC(=O)N1C2CC3CC1CC(O)(C3)C2)c1nn(C)c2ccc(OC3CC3)c(F)c12. The molecule has 0 radical (unpaired) electrons. The molecule has 2 saturated heterocycles. The van der Waals surface area contributed by atoms with Crippen LogP contribution in [0, 0.1) is 11.7 Å². The largest absolute Gasteiger partial charge is 0.487 e. The molecule has 4 bridgehead atoms. The van der Waals surface area contributed by atoms with Gasteiger partial charge in [-0.2, -0.15) is 5.10 Å². The maximum absolute atomic E-state index is 15.4. The number of hydrogen-bond donors (Lipinski definition) is 1. The molecule has 2 aliphatic heterocycles. The van der Waals surface area contributed by atoms with E-state index < -0.39 is 5.60 Å². The summed E-state index contributed by atoms with van der Waals surface area (Å²) in [5.74, 6) is 0.351. The maximum Gasteiger partial charge on any atom is 0.223 e. The van der Waals surface area contributed by atoms with E-state index in [1.54, 1.807) is 10.7 Å². The molecule has 3 heterocycles. The molecule has 166 valence electrons. The highest BCUT2D eigenvalue weighted by molar-refractivity contribution is 5.86. The summed E-state index contributed by atoms with van der Waals surface area (Å²) in [5.41, 5.74) is 0.761. The Hall–Kier alpha value is -2.15. The molecule has 2 aromatic rings. The van der Waals surface area contributed by atoms with Crippen LogP contribution in [0.15, 0.2) is 12.1 Å². The van der Waals surface area contributed by atoms with Gasteiger partial charge in [-0.3, -0.25) is 9.48 Å². The van der Waals surface area contributed by atoms with Crippen molar-refractivity contribution in [2.24, 2.45) is 13.0 Å². The maximum atomic E-state index is 15.4. The van der Waals surface area contributed by atoms with Crippen LogP contribution in [-0.2, 0) is 11.8 Å². The molecule has 3 atom stereocenters. The van der Waals surface area contributed by atoms with E-state index in [-0.39, 0.29) is 41.6 Å². The molecule has 1 aromatic heterocycles. The lowest BCUT2D eigenvalue weighted by atomic mass is 9.61. The van der Waals surface area contributed by atoms with Crippen LogP contribution >= 0.6 is 0 Å². The van der Waals surface area contributed by atoms with Crippen LogP contribution in [0.4, 0.5) is 4.39 Å². The van der Waals surface area contributed by atoms with E-state index in [2.05, 4.69) is 5.10 Å². The number of aromatic nitrogens is 2. The number of benzene rings is 1. The zero-order valence-corrected chi connectivity index (χ0v) is 18.2. The van der Waals surface area contributed by atoms with Gasteiger partial charge in [-0.25, -0.2) is 4.39 Å². The minimum absolute atomic E-state index is 0.106. The second-order valence-electron chi connectivity index (χ2n) is 10.5. The molecule has 31 heavy (non-hydrogen) atoms. The first-order valence-corrected chi connectivity index (χ1v) is 11.7. The number of aliphatic hydroxyl groups is 1. The smallest absolute Gasteiger partial charge is 0.223 e. The highest BCUT2D eigenvalue weighted by Crippen LogP contribution is 2.51. The van der Waals surface area contributed by atoms with Crippen molar-refractivity contribution >= 4 is 16.8 Å². The van der Waals surface area contributed by atoms with E-state index in [4.69, 9.17) is 4.74 Å². The average molecular weight is 428 g/mol. The lowest BCUT2D eigenvalue weighted by molar-refractivity contribution is -0.174. The Morgan fingerprint density at radius 3 is 2.65 bits per heavy atom. The predicted molar refractivity (Wildman–Crippen MR) is 113 cm³/mol. The van der Waals surface area contributed by atoms with E-state index in [0.717, 1.165) is 32.1 Å². The number of halogens is 1. The minimum Gasteiger partial charge on any atom is -0.487 e. The number of piperidine rings is 2. The van der Waals surface area contributed by atoms with Crippen LogP contribution < -0.4 is 4.74 Å². The van der Waals surface area contributed by atoms with Crippen molar-refractivity contribution in [3.05, 3.63) is 23.6 Å². The van der Waals surface area contributed by atoms with Crippen LogP contribution in [0.1, 0.15) is 69.9 Å². The quantitative estimate of drug-likeness (QED) is 0.791. The summed E-state index contributed by atoms with van der Waals surface area (Å²) < 4.78 is 22.8. The molecule has 5 aliphatic rings. The minimum atomic E-state index is -0.572. The second-order valence-corrected chi connectivity index (χ2v) is 10.5. The van der Waals surface area contributed by atoms with Gasteiger partial charge in [0.15, 0.2) is 11.6 Å². The summed E-state index contributed by atoms with van der Waals surface area (Å²) in [7, 11) is 1.81. The first-order chi connectivity index (χ1) is 14.8. The van der Waals surface area contributed by atoms with Crippen molar-refractivity contribution in [2.45, 2.75) is 88.0 Å². The number of rotatable bonds is 5. The van der Waals surface area contributed by atoms with Crippen molar-refractivity contribution in [2.75, 3.05) is 0 Å². The number of fused-ring (bicyclic) bond motifs is 1. The molecule has 3 saturated carbocycles. The monoisotopic (exact) mass is 427 g/mol. The Morgan fingerprint density at radius 2 is 2.00 bits per heavy atom. The number of hydrogen-bond acceptors (Lipinski definition) is 4. The summed E-state index contributed by atoms with van der Waals surface area (Å²) in [4.78, 5) is 15.4. The number of carbonyl (C=O) groups excluding carboxylic acids is 1. The number of carbonyl (C=O) groups is 1. The number of aryl methyl sites for hydroxylation is 1. The fraction of sp³-hybridized carbons (Fsp3) is 0.667. The Kier molecular flexibility index (Phi) is 4.20. The number of nitrogens with zero attached hydrogens (tertiary/aromatic N) is 3. The Morgan fingerprint density at radius 1 is 1.29 bits per heavy atom. The molecule has 5 fully saturated rings. The van der Waals surface area contributed by atoms with Gasteiger partial charge in [-0.05, 0) is 63.0 Å². The van der Waals surface area contributed by atoms with Crippen molar-refractivity contribution in [3.63, 3.8) is 0 Å². The second kappa shape index (κ2) is 6.67. The van der Waals surface area contributed by atoms with E-state index in [1.165, 1.54) is 0 Å². The molecule has 7 heteroatoms. The lowest BCUT2D eigenvalue weighted by Crippen LogP contribution is -2.65. The Labute approximate surface area is 181 Å². The fourth-order valence-corrected chi connectivity index (χ4v) is 6.58. The third-order valence-electron chi connectivity index (χ3n) is 7.90. The Balaban J connectivity index is 1.26. The van der Waals surface area contributed by atoms with Crippen LogP contribution in [0.3, 0.4) is 0 Å².